The summed E-state index contributed by atoms with van der Waals surface area (Å²) in [6, 6.07) is 0. The molecule has 16 heavy (non-hydrogen) atoms. The van der Waals surface area contributed by atoms with E-state index in [9.17, 15) is 13.2 Å². The normalized spacial score (nSPS) is 12.1. The van der Waals surface area contributed by atoms with Gasteiger partial charge >= 0.3 is 6.18 Å². The lowest BCUT2D eigenvalue weighted by Crippen LogP contribution is -2.13. The van der Waals surface area contributed by atoms with Gasteiger partial charge in [-0.1, -0.05) is 6.92 Å². The summed E-state index contributed by atoms with van der Waals surface area (Å²) in [4.78, 5) is 0. The van der Waals surface area contributed by atoms with Crippen LogP contribution in [0.25, 0.3) is 0 Å². The Morgan fingerprint density at radius 3 is 2.38 bits per heavy atom. The molecule has 0 aromatic carbocycles. The lowest BCUT2D eigenvalue weighted by Gasteiger charge is -2.09. The number of halogens is 4. The lowest BCUT2D eigenvalue weighted by molar-refractivity contribution is -0.134. The van der Waals surface area contributed by atoms with Gasteiger partial charge in [0.15, 0.2) is 0 Å². The van der Waals surface area contributed by atoms with Gasteiger partial charge < -0.3 is 4.57 Å². The summed E-state index contributed by atoms with van der Waals surface area (Å²) < 4.78 is 37.9. The van der Waals surface area contributed by atoms with Crippen molar-refractivity contribution in [3.05, 3.63) is 11.6 Å². The van der Waals surface area contributed by atoms with Crippen LogP contribution in [0.5, 0.6) is 0 Å². The molecule has 0 N–H and O–H groups in total. The molecule has 0 saturated carbocycles. The van der Waals surface area contributed by atoms with Crippen LogP contribution in [0.1, 0.15) is 31.4 Å². The molecule has 1 aromatic rings. The predicted molar refractivity (Wildman–Crippen MR) is 54.2 cm³/mol. The molecule has 0 aliphatic carbocycles. The maximum Gasteiger partial charge on any atom is 0.389 e. The first-order chi connectivity index (χ1) is 7.48. The number of hydrogen-bond acceptors (Lipinski definition) is 2. The summed E-state index contributed by atoms with van der Waals surface area (Å²) in [6.45, 7) is 2.54. The summed E-state index contributed by atoms with van der Waals surface area (Å²) in [5.74, 6) is 1.05. The van der Waals surface area contributed by atoms with Gasteiger partial charge in [-0.05, 0) is 6.42 Å². The van der Waals surface area contributed by atoms with Gasteiger partial charge in [-0.2, -0.15) is 13.2 Å². The fraction of sp³-hybridized carbons (Fsp3) is 0.778. The third-order valence-corrected chi connectivity index (χ3v) is 2.34. The van der Waals surface area contributed by atoms with E-state index in [-0.39, 0.29) is 12.3 Å². The number of hydrogen-bond donors (Lipinski definition) is 0. The highest BCUT2D eigenvalue weighted by molar-refractivity contribution is 6.16. The van der Waals surface area contributed by atoms with Gasteiger partial charge in [-0.3, -0.25) is 0 Å². The number of aryl methyl sites for hydroxylation is 1. The zero-order valence-corrected chi connectivity index (χ0v) is 9.64. The Bertz CT molecular complexity index is 335. The highest BCUT2D eigenvalue weighted by atomic mass is 35.5. The van der Waals surface area contributed by atoms with Gasteiger partial charge in [0, 0.05) is 13.0 Å². The average Bonchev–Trinajstić information content (AvgIpc) is 2.57. The second-order valence-electron chi connectivity index (χ2n) is 3.43. The Hall–Kier alpha value is -0.780. The summed E-state index contributed by atoms with van der Waals surface area (Å²) in [5.41, 5.74) is 0. The number of aromatic nitrogens is 3. The van der Waals surface area contributed by atoms with E-state index in [1.807, 2.05) is 6.92 Å². The standard InChI is InChI=1S/C9H13ClF3N3/c1-2-5-16-7(3-4-9(11,12)13)14-15-8(16)6-10/h2-6H2,1H3. The van der Waals surface area contributed by atoms with Gasteiger partial charge in [0.1, 0.15) is 11.6 Å². The van der Waals surface area contributed by atoms with Gasteiger partial charge in [-0.15, -0.1) is 21.8 Å². The van der Waals surface area contributed by atoms with E-state index in [0.29, 0.717) is 18.2 Å². The quantitative estimate of drug-likeness (QED) is 0.758. The zero-order chi connectivity index (χ0) is 12.2. The monoisotopic (exact) mass is 255 g/mol. The molecule has 7 heteroatoms. The molecule has 0 unspecified atom stereocenters. The molecule has 1 rings (SSSR count). The second kappa shape index (κ2) is 5.52. The summed E-state index contributed by atoms with van der Waals surface area (Å²) in [5, 5.41) is 7.50. The highest BCUT2D eigenvalue weighted by Crippen LogP contribution is 2.22. The Morgan fingerprint density at radius 1 is 1.25 bits per heavy atom. The molecular formula is C9H13ClF3N3. The molecule has 3 nitrogen and oxygen atoms in total. The SMILES string of the molecule is CCCn1c(CCl)nnc1CCC(F)(F)F. The van der Waals surface area contributed by atoms with Crippen LogP contribution < -0.4 is 0 Å². The maximum atomic E-state index is 12.1. The van der Waals surface area contributed by atoms with E-state index in [0.717, 1.165) is 6.42 Å². The van der Waals surface area contributed by atoms with E-state index < -0.39 is 12.6 Å². The third kappa shape index (κ3) is 3.66. The molecule has 0 saturated heterocycles. The largest absolute Gasteiger partial charge is 0.389 e. The molecule has 1 heterocycles. The van der Waals surface area contributed by atoms with Crippen molar-refractivity contribution in [2.75, 3.05) is 0 Å². The minimum atomic E-state index is -4.16. The summed E-state index contributed by atoms with van der Waals surface area (Å²) in [6.07, 6.45) is -4.38. The van der Waals surface area contributed by atoms with E-state index in [1.165, 1.54) is 0 Å². The van der Waals surface area contributed by atoms with Crippen LogP contribution in [0.15, 0.2) is 0 Å². The smallest absolute Gasteiger partial charge is 0.314 e. The topological polar surface area (TPSA) is 30.7 Å². The summed E-state index contributed by atoms with van der Waals surface area (Å²) >= 11 is 5.63. The predicted octanol–water partition coefficient (Wildman–Crippen LogP) is 2.92. The Kier molecular flexibility index (Phi) is 4.58. The van der Waals surface area contributed by atoms with Crippen molar-refractivity contribution in [1.82, 2.24) is 14.8 Å². The fourth-order valence-electron chi connectivity index (χ4n) is 1.39. The molecular weight excluding hydrogens is 243 g/mol. The van der Waals surface area contributed by atoms with E-state index >= 15 is 0 Å². The van der Waals surface area contributed by atoms with Crippen LogP contribution in [-0.2, 0) is 18.8 Å². The number of rotatable bonds is 5. The molecule has 0 aliphatic rings. The van der Waals surface area contributed by atoms with Crippen LogP contribution in [-0.4, -0.2) is 20.9 Å². The molecule has 0 fully saturated rings. The van der Waals surface area contributed by atoms with Crippen LogP contribution in [0.2, 0.25) is 0 Å². The summed E-state index contributed by atoms with van der Waals surface area (Å²) in [7, 11) is 0. The molecule has 0 atom stereocenters. The van der Waals surface area contributed by atoms with Crippen molar-refractivity contribution < 1.29 is 13.2 Å². The van der Waals surface area contributed by atoms with Crippen molar-refractivity contribution >= 4 is 11.6 Å². The number of alkyl halides is 4. The van der Waals surface area contributed by atoms with Crippen molar-refractivity contribution in [1.29, 1.82) is 0 Å². The second-order valence-corrected chi connectivity index (χ2v) is 3.70. The minimum absolute atomic E-state index is 0.145. The van der Waals surface area contributed by atoms with E-state index in [1.54, 1.807) is 4.57 Å². The molecule has 0 radical (unpaired) electrons. The first-order valence-corrected chi connectivity index (χ1v) is 5.55. The molecule has 0 amide bonds. The third-order valence-electron chi connectivity index (χ3n) is 2.10. The van der Waals surface area contributed by atoms with Crippen LogP contribution >= 0.6 is 11.6 Å². The van der Waals surface area contributed by atoms with Crippen LogP contribution in [0.3, 0.4) is 0 Å². The average molecular weight is 256 g/mol. The molecule has 0 bridgehead atoms. The van der Waals surface area contributed by atoms with E-state index in [2.05, 4.69) is 10.2 Å². The lowest BCUT2D eigenvalue weighted by atomic mass is 10.3. The molecule has 92 valence electrons. The Labute approximate surface area is 96.6 Å². The van der Waals surface area contributed by atoms with Gasteiger partial charge in [-0.25, -0.2) is 0 Å². The number of nitrogens with zero attached hydrogens (tertiary/aromatic N) is 3. The van der Waals surface area contributed by atoms with Crippen LogP contribution in [0.4, 0.5) is 13.2 Å². The zero-order valence-electron chi connectivity index (χ0n) is 8.89. The van der Waals surface area contributed by atoms with Gasteiger partial charge in [0.2, 0.25) is 0 Å². The van der Waals surface area contributed by atoms with Crippen molar-refractivity contribution in [2.24, 2.45) is 0 Å². The highest BCUT2D eigenvalue weighted by Gasteiger charge is 2.28. The first-order valence-electron chi connectivity index (χ1n) is 5.01. The van der Waals surface area contributed by atoms with Crippen molar-refractivity contribution in [3.63, 3.8) is 0 Å². The Balaban J connectivity index is 2.75. The minimum Gasteiger partial charge on any atom is -0.314 e. The molecule has 0 spiro atoms. The van der Waals surface area contributed by atoms with E-state index in [4.69, 9.17) is 11.6 Å². The first kappa shape index (κ1) is 13.3. The van der Waals surface area contributed by atoms with Crippen molar-refractivity contribution in [2.45, 2.75) is 44.8 Å². The van der Waals surface area contributed by atoms with Gasteiger partial charge in [0.05, 0.1) is 12.3 Å². The van der Waals surface area contributed by atoms with Crippen molar-refractivity contribution in [3.8, 4) is 0 Å². The molecule has 1 aromatic heterocycles. The van der Waals surface area contributed by atoms with Gasteiger partial charge in [0.25, 0.3) is 0 Å². The molecule has 0 aliphatic heterocycles. The fourth-order valence-corrected chi connectivity index (χ4v) is 1.59. The Morgan fingerprint density at radius 2 is 1.88 bits per heavy atom. The maximum absolute atomic E-state index is 12.1. The van der Waals surface area contributed by atoms with Crippen LogP contribution in [0, 0.1) is 0 Å².